The molecule has 2 atom stereocenters. The lowest BCUT2D eigenvalue weighted by Crippen LogP contribution is -2.68. The van der Waals surface area contributed by atoms with Gasteiger partial charge in [-0.1, -0.05) is 46.1 Å². The van der Waals surface area contributed by atoms with E-state index in [-0.39, 0.29) is 17.2 Å². The third kappa shape index (κ3) is 6.50. The standard InChI is InChI=1S/C32H52O6/c1-25(2)27(33)38-32-17-26-15-30(19-32,36-13-9-5-7-11-28(3)21-34-22-28)18-31(16-26,20-32)37-14-10-6-8-12-29(4)23-35-24-29/h26H,1,5-24H2,2-4H3. The van der Waals surface area contributed by atoms with Gasteiger partial charge in [-0.15, -0.1) is 0 Å². The fourth-order valence-corrected chi connectivity index (χ4v) is 8.32. The zero-order chi connectivity index (χ0) is 26.9. The van der Waals surface area contributed by atoms with Crippen LogP contribution in [0.15, 0.2) is 12.2 Å². The SMILES string of the molecule is C=C(C)C(=O)OC12CC3CC(OCCCCCC4(C)COC4)(CC(OCCCCCC4(C)COC4)(C3)C1)C2. The van der Waals surface area contributed by atoms with Crippen molar-refractivity contribution in [2.45, 2.75) is 127 Å². The van der Waals surface area contributed by atoms with Gasteiger partial charge in [0.25, 0.3) is 0 Å². The van der Waals surface area contributed by atoms with Crippen LogP contribution in [0.4, 0.5) is 0 Å². The second kappa shape index (κ2) is 11.1. The van der Waals surface area contributed by atoms with Crippen LogP contribution in [0.5, 0.6) is 0 Å². The Hall–Kier alpha value is -0.950. The zero-order valence-electron chi connectivity index (χ0n) is 24.4. The van der Waals surface area contributed by atoms with E-state index in [4.69, 9.17) is 23.7 Å². The van der Waals surface area contributed by atoms with Crippen molar-refractivity contribution < 1.29 is 28.5 Å². The van der Waals surface area contributed by atoms with Gasteiger partial charge in [0.15, 0.2) is 0 Å². The molecule has 2 heterocycles. The fraction of sp³-hybridized carbons (Fsp3) is 0.906. The molecule has 2 unspecified atom stereocenters. The largest absolute Gasteiger partial charge is 0.455 e. The Bertz CT molecular complexity index is 810. The van der Waals surface area contributed by atoms with Crippen molar-refractivity contribution in [3.05, 3.63) is 12.2 Å². The molecule has 6 rings (SSSR count). The maximum Gasteiger partial charge on any atom is 0.333 e. The smallest absolute Gasteiger partial charge is 0.333 e. The van der Waals surface area contributed by atoms with Crippen LogP contribution in [0.25, 0.3) is 0 Å². The quantitative estimate of drug-likeness (QED) is 0.128. The van der Waals surface area contributed by atoms with Crippen LogP contribution in [-0.4, -0.2) is 62.4 Å². The molecule has 0 aromatic rings. The Labute approximate surface area is 230 Å². The maximum absolute atomic E-state index is 12.7. The van der Waals surface area contributed by atoms with E-state index in [9.17, 15) is 4.79 Å². The van der Waals surface area contributed by atoms with Crippen LogP contribution in [0, 0.1) is 16.7 Å². The number of carbonyl (C=O) groups is 1. The van der Waals surface area contributed by atoms with Crippen molar-refractivity contribution in [2.24, 2.45) is 16.7 Å². The van der Waals surface area contributed by atoms with E-state index in [1.54, 1.807) is 6.92 Å². The van der Waals surface area contributed by atoms with Crippen LogP contribution in [0.3, 0.4) is 0 Å². The van der Waals surface area contributed by atoms with Gasteiger partial charge in [0.05, 0.1) is 37.6 Å². The average molecular weight is 533 g/mol. The Balaban J connectivity index is 1.15. The van der Waals surface area contributed by atoms with Crippen LogP contribution in [0.2, 0.25) is 0 Å². The molecule has 6 nitrogen and oxygen atoms in total. The number of unbranched alkanes of at least 4 members (excludes halogenated alkanes) is 4. The van der Waals surface area contributed by atoms with Crippen molar-refractivity contribution in [3.8, 4) is 0 Å². The Morgan fingerprint density at radius 3 is 1.61 bits per heavy atom. The zero-order valence-corrected chi connectivity index (χ0v) is 24.4. The minimum Gasteiger partial charge on any atom is -0.455 e. The monoisotopic (exact) mass is 532 g/mol. The summed E-state index contributed by atoms with van der Waals surface area (Å²) in [4.78, 5) is 12.7. The molecular weight excluding hydrogens is 480 g/mol. The Morgan fingerprint density at radius 1 is 0.737 bits per heavy atom. The molecule has 4 aliphatic carbocycles. The molecule has 4 saturated carbocycles. The highest BCUT2D eigenvalue weighted by Crippen LogP contribution is 2.63. The summed E-state index contributed by atoms with van der Waals surface area (Å²) in [5.41, 5.74) is 0.318. The molecular formula is C32H52O6. The van der Waals surface area contributed by atoms with E-state index in [0.29, 0.717) is 22.3 Å². The van der Waals surface area contributed by atoms with E-state index in [2.05, 4.69) is 20.4 Å². The summed E-state index contributed by atoms with van der Waals surface area (Å²) in [6, 6.07) is 0. The lowest BCUT2D eigenvalue weighted by Gasteiger charge is -2.64. The molecule has 6 fully saturated rings. The summed E-state index contributed by atoms with van der Waals surface area (Å²) >= 11 is 0. The first kappa shape index (κ1) is 28.6. The van der Waals surface area contributed by atoms with Crippen molar-refractivity contribution in [3.63, 3.8) is 0 Å². The fourth-order valence-electron chi connectivity index (χ4n) is 8.32. The molecule has 0 amide bonds. The van der Waals surface area contributed by atoms with Gasteiger partial charge in [0, 0.05) is 48.9 Å². The first-order chi connectivity index (χ1) is 18.1. The molecule has 38 heavy (non-hydrogen) atoms. The Kier molecular flexibility index (Phi) is 8.38. The molecule has 0 N–H and O–H groups in total. The van der Waals surface area contributed by atoms with Gasteiger partial charge in [-0.25, -0.2) is 4.79 Å². The van der Waals surface area contributed by atoms with E-state index in [0.717, 1.165) is 91.0 Å². The minimum absolute atomic E-state index is 0.235. The molecule has 216 valence electrons. The summed E-state index contributed by atoms with van der Waals surface area (Å²) in [7, 11) is 0. The molecule has 6 aliphatic rings. The molecule has 6 heteroatoms. The lowest BCUT2D eigenvalue weighted by molar-refractivity contribution is -0.283. The Morgan fingerprint density at radius 2 is 1.18 bits per heavy atom. The highest BCUT2D eigenvalue weighted by molar-refractivity contribution is 5.87. The summed E-state index contributed by atoms with van der Waals surface area (Å²) in [6.07, 6.45) is 15.1. The van der Waals surface area contributed by atoms with E-state index >= 15 is 0 Å². The van der Waals surface area contributed by atoms with E-state index < -0.39 is 5.60 Å². The van der Waals surface area contributed by atoms with E-state index in [1.807, 2.05) is 0 Å². The van der Waals surface area contributed by atoms with Crippen LogP contribution in [0.1, 0.15) is 111 Å². The first-order valence-corrected chi connectivity index (χ1v) is 15.4. The number of esters is 1. The van der Waals surface area contributed by atoms with Crippen LogP contribution >= 0.6 is 0 Å². The van der Waals surface area contributed by atoms with Crippen LogP contribution < -0.4 is 0 Å². The normalized spacial score (nSPS) is 35.9. The van der Waals surface area contributed by atoms with Crippen molar-refractivity contribution in [1.82, 2.24) is 0 Å². The summed E-state index contributed by atoms with van der Waals surface area (Å²) < 4.78 is 30.6. The predicted octanol–water partition coefficient (Wildman–Crippen LogP) is 6.55. The third-order valence-corrected chi connectivity index (χ3v) is 10.0. The predicted molar refractivity (Wildman–Crippen MR) is 147 cm³/mol. The molecule has 0 spiro atoms. The molecule has 0 aromatic heterocycles. The van der Waals surface area contributed by atoms with Crippen molar-refractivity contribution in [2.75, 3.05) is 39.6 Å². The second-order valence-corrected chi connectivity index (χ2v) is 14.7. The van der Waals surface area contributed by atoms with Gasteiger partial charge in [-0.05, 0) is 57.8 Å². The summed E-state index contributed by atoms with van der Waals surface area (Å²) in [5.74, 6) is 0.223. The summed E-state index contributed by atoms with van der Waals surface area (Å²) in [6.45, 7) is 15.5. The highest BCUT2D eigenvalue weighted by Gasteiger charge is 2.66. The van der Waals surface area contributed by atoms with Gasteiger partial charge in [-0.2, -0.15) is 0 Å². The van der Waals surface area contributed by atoms with Crippen molar-refractivity contribution in [1.29, 1.82) is 0 Å². The van der Waals surface area contributed by atoms with Gasteiger partial charge in [-0.3, -0.25) is 0 Å². The van der Waals surface area contributed by atoms with Gasteiger partial charge < -0.3 is 23.7 Å². The number of rotatable bonds is 16. The maximum atomic E-state index is 12.7. The highest BCUT2D eigenvalue weighted by atomic mass is 16.6. The lowest BCUT2D eigenvalue weighted by atomic mass is 9.50. The van der Waals surface area contributed by atoms with Gasteiger partial charge in [0.2, 0.25) is 0 Å². The number of ether oxygens (including phenoxy) is 5. The first-order valence-electron chi connectivity index (χ1n) is 15.4. The molecule has 0 radical (unpaired) electrons. The molecule has 2 aliphatic heterocycles. The number of carbonyl (C=O) groups excluding carboxylic acids is 1. The molecule has 0 aromatic carbocycles. The molecule has 2 saturated heterocycles. The number of hydrogen-bond donors (Lipinski definition) is 0. The van der Waals surface area contributed by atoms with Crippen LogP contribution in [-0.2, 0) is 28.5 Å². The van der Waals surface area contributed by atoms with E-state index in [1.165, 1.54) is 38.5 Å². The number of hydrogen-bond acceptors (Lipinski definition) is 6. The molecule has 4 bridgehead atoms. The summed E-state index contributed by atoms with van der Waals surface area (Å²) in [5, 5.41) is 0. The van der Waals surface area contributed by atoms with Gasteiger partial charge >= 0.3 is 5.97 Å². The topological polar surface area (TPSA) is 63.2 Å². The third-order valence-electron chi connectivity index (χ3n) is 10.0. The van der Waals surface area contributed by atoms with Gasteiger partial charge in [0.1, 0.15) is 5.60 Å². The average Bonchev–Trinajstić information content (AvgIpc) is 2.80. The van der Waals surface area contributed by atoms with Crippen molar-refractivity contribution >= 4 is 5.97 Å². The second-order valence-electron chi connectivity index (χ2n) is 14.7. The minimum atomic E-state index is -0.479.